The maximum atomic E-state index is 11.5. The molecule has 0 aliphatic heterocycles. The van der Waals surface area contributed by atoms with Crippen LogP contribution in [0.2, 0.25) is 0 Å². The van der Waals surface area contributed by atoms with Crippen LogP contribution in [0.3, 0.4) is 0 Å². The second-order valence-corrected chi connectivity index (χ2v) is 3.51. The zero-order valence-electron chi connectivity index (χ0n) is 8.69. The minimum absolute atomic E-state index is 0.0561. The van der Waals surface area contributed by atoms with Crippen LogP contribution < -0.4 is 10.1 Å². The van der Waals surface area contributed by atoms with Gasteiger partial charge < -0.3 is 10.1 Å². The Bertz CT molecular complexity index is 311. The molecule has 1 rings (SSSR count). The van der Waals surface area contributed by atoms with Gasteiger partial charge in [-0.15, -0.1) is 0 Å². The van der Waals surface area contributed by atoms with Crippen LogP contribution in [-0.2, 0) is 0 Å². The molecule has 15 heavy (non-hydrogen) atoms. The molecular formula is C11H15NO2S. The Hall–Kier alpha value is -1.16. The van der Waals surface area contributed by atoms with Crippen molar-refractivity contribution in [2.24, 2.45) is 0 Å². The fraction of sp³-hybridized carbons (Fsp3) is 0.364. The van der Waals surface area contributed by atoms with Crippen LogP contribution in [0.25, 0.3) is 0 Å². The molecule has 1 aromatic carbocycles. The van der Waals surface area contributed by atoms with Crippen molar-refractivity contribution in [3.05, 3.63) is 29.8 Å². The van der Waals surface area contributed by atoms with E-state index in [1.165, 1.54) is 0 Å². The average Bonchev–Trinajstić information content (AvgIpc) is 2.29. The highest BCUT2D eigenvalue weighted by Crippen LogP contribution is 2.10. The smallest absolute Gasteiger partial charge is 0.251 e. The van der Waals surface area contributed by atoms with Gasteiger partial charge in [-0.3, -0.25) is 4.79 Å². The lowest BCUT2D eigenvalue weighted by molar-refractivity contribution is 0.0954. The van der Waals surface area contributed by atoms with Crippen molar-refractivity contribution < 1.29 is 9.53 Å². The third-order valence-electron chi connectivity index (χ3n) is 1.97. The molecule has 0 fully saturated rings. The number of rotatable bonds is 5. The predicted molar refractivity (Wildman–Crippen MR) is 63.8 cm³/mol. The molecule has 0 saturated carbocycles. The topological polar surface area (TPSA) is 38.3 Å². The van der Waals surface area contributed by atoms with Gasteiger partial charge in [0, 0.05) is 12.1 Å². The predicted octanol–water partition coefficient (Wildman–Crippen LogP) is 1.74. The van der Waals surface area contributed by atoms with Gasteiger partial charge in [0.05, 0.1) is 7.11 Å². The van der Waals surface area contributed by atoms with Crippen LogP contribution in [0.4, 0.5) is 0 Å². The van der Waals surface area contributed by atoms with Crippen molar-refractivity contribution in [1.82, 2.24) is 5.32 Å². The monoisotopic (exact) mass is 225 g/mol. The van der Waals surface area contributed by atoms with Crippen LogP contribution in [-0.4, -0.2) is 25.3 Å². The normalized spacial score (nSPS) is 9.73. The molecule has 0 saturated heterocycles. The Morgan fingerprint density at radius 2 is 2.07 bits per heavy atom. The van der Waals surface area contributed by atoms with E-state index in [0.29, 0.717) is 12.1 Å². The van der Waals surface area contributed by atoms with E-state index in [2.05, 4.69) is 17.9 Å². The Balaban J connectivity index is 2.50. The third kappa shape index (κ3) is 3.83. The number of carbonyl (C=O) groups excluding carboxylic acids is 1. The van der Waals surface area contributed by atoms with E-state index in [0.717, 1.165) is 17.9 Å². The van der Waals surface area contributed by atoms with Crippen LogP contribution in [0.15, 0.2) is 24.3 Å². The summed E-state index contributed by atoms with van der Waals surface area (Å²) in [5, 5.41) is 2.81. The Kier molecular flexibility index (Phi) is 5.04. The van der Waals surface area contributed by atoms with Crippen molar-refractivity contribution in [1.29, 1.82) is 0 Å². The highest BCUT2D eigenvalue weighted by atomic mass is 32.1. The van der Waals surface area contributed by atoms with E-state index in [9.17, 15) is 4.79 Å². The number of thiol groups is 1. The summed E-state index contributed by atoms with van der Waals surface area (Å²) < 4.78 is 5.01. The summed E-state index contributed by atoms with van der Waals surface area (Å²) in [6.45, 7) is 0.661. The van der Waals surface area contributed by atoms with Gasteiger partial charge in [0.25, 0.3) is 5.91 Å². The van der Waals surface area contributed by atoms with E-state index in [4.69, 9.17) is 4.74 Å². The summed E-state index contributed by atoms with van der Waals surface area (Å²) in [7, 11) is 1.60. The van der Waals surface area contributed by atoms with E-state index in [1.807, 2.05) is 0 Å². The molecule has 0 aliphatic rings. The fourth-order valence-corrected chi connectivity index (χ4v) is 1.28. The van der Waals surface area contributed by atoms with E-state index >= 15 is 0 Å². The van der Waals surface area contributed by atoms with Gasteiger partial charge in [0.2, 0.25) is 0 Å². The fourth-order valence-electron chi connectivity index (χ4n) is 1.13. The molecule has 1 aromatic rings. The number of benzene rings is 1. The highest BCUT2D eigenvalue weighted by Gasteiger charge is 2.03. The molecule has 0 aromatic heterocycles. The maximum absolute atomic E-state index is 11.5. The van der Waals surface area contributed by atoms with E-state index in [1.54, 1.807) is 31.4 Å². The van der Waals surface area contributed by atoms with Crippen molar-refractivity contribution >= 4 is 18.5 Å². The first-order valence-corrected chi connectivity index (χ1v) is 5.44. The lowest BCUT2D eigenvalue weighted by Gasteiger charge is -2.04. The number of hydrogen-bond donors (Lipinski definition) is 2. The number of hydrogen-bond acceptors (Lipinski definition) is 3. The minimum Gasteiger partial charge on any atom is -0.497 e. The third-order valence-corrected chi connectivity index (χ3v) is 2.29. The van der Waals surface area contributed by atoms with Crippen molar-refractivity contribution in [2.75, 3.05) is 19.4 Å². The molecule has 0 unspecified atom stereocenters. The SMILES string of the molecule is COc1ccc(C(=O)NCCCS)cc1. The molecule has 3 nitrogen and oxygen atoms in total. The summed E-state index contributed by atoms with van der Waals surface area (Å²) in [6, 6.07) is 7.03. The zero-order valence-corrected chi connectivity index (χ0v) is 9.59. The minimum atomic E-state index is -0.0561. The number of carbonyl (C=O) groups is 1. The number of methoxy groups -OCH3 is 1. The number of nitrogens with one attached hydrogen (secondary N) is 1. The lowest BCUT2D eigenvalue weighted by Crippen LogP contribution is -2.24. The second-order valence-electron chi connectivity index (χ2n) is 3.06. The van der Waals surface area contributed by atoms with Gasteiger partial charge >= 0.3 is 0 Å². The molecule has 0 spiro atoms. The van der Waals surface area contributed by atoms with Crippen LogP contribution in [0, 0.1) is 0 Å². The molecule has 0 heterocycles. The van der Waals surface area contributed by atoms with Gasteiger partial charge in [-0.2, -0.15) is 12.6 Å². The molecule has 0 bridgehead atoms. The standard InChI is InChI=1S/C11H15NO2S/c1-14-10-5-3-9(4-6-10)11(13)12-7-2-8-15/h3-6,15H,2,7-8H2,1H3,(H,12,13). The van der Waals surface area contributed by atoms with Crippen molar-refractivity contribution in [3.63, 3.8) is 0 Å². The van der Waals surface area contributed by atoms with E-state index in [-0.39, 0.29) is 5.91 Å². The quantitative estimate of drug-likeness (QED) is 0.592. The van der Waals surface area contributed by atoms with Gasteiger partial charge in [-0.1, -0.05) is 0 Å². The number of amides is 1. The zero-order chi connectivity index (χ0) is 11.1. The Labute approximate surface area is 95.2 Å². The summed E-state index contributed by atoms with van der Waals surface area (Å²) in [4.78, 5) is 11.5. The van der Waals surface area contributed by atoms with Gasteiger partial charge in [0.15, 0.2) is 0 Å². The summed E-state index contributed by atoms with van der Waals surface area (Å²) in [5.74, 6) is 1.48. The molecule has 82 valence electrons. The molecule has 1 N–H and O–H groups in total. The highest BCUT2D eigenvalue weighted by molar-refractivity contribution is 7.80. The largest absolute Gasteiger partial charge is 0.497 e. The van der Waals surface area contributed by atoms with E-state index < -0.39 is 0 Å². The Morgan fingerprint density at radius 3 is 2.60 bits per heavy atom. The summed E-state index contributed by atoms with van der Waals surface area (Å²) in [5.41, 5.74) is 0.648. The first kappa shape index (κ1) is 11.9. The maximum Gasteiger partial charge on any atom is 0.251 e. The molecule has 0 aliphatic carbocycles. The van der Waals surface area contributed by atoms with Crippen molar-refractivity contribution in [3.8, 4) is 5.75 Å². The van der Waals surface area contributed by atoms with Crippen LogP contribution in [0.1, 0.15) is 16.8 Å². The lowest BCUT2D eigenvalue weighted by atomic mass is 10.2. The summed E-state index contributed by atoms with van der Waals surface area (Å²) in [6.07, 6.45) is 0.880. The van der Waals surface area contributed by atoms with Crippen LogP contribution >= 0.6 is 12.6 Å². The average molecular weight is 225 g/mol. The number of ether oxygens (including phenoxy) is 1. The molecular weight excluding hydrogens is 210 g/mol. The van der Waals surface area contributed by atoms with Gasteiger partial charge in [-0.05, 0) is 36.4 Å². The summed E-state index contributed by atoms with van der Waals surface area (Å²) >= 11 is 4.07. The van der Waals surface area contributed by atoms with Crippen molar-refractivity contribution in [2.45, 2.75) is 6.42 Å². The molecule has 0 atom stereocenters. The molecule has 1 amide bonds. The molecule has 0 radical (unpaired) electrons. The van der Waals surface area contributed by atoms with Crippen LogP contribution in [0.5, 0.6) is 5.75 Å². The van der Waals surface area contributed by atoms with Gasteiger partial charge in [0.1, 0.15) is 5.75 Å². The first-order chi connectivity index (χ1) is 7.27. The van der Waals surface area contributed by atoms with Gasteiger partial charge in [-0.25, -0.2) is 0 Å². The molecule has 4 heteroatoms. The second kappa shape index (κ2) is 6.35. The Morgan fingerprint density at radius 1 is 1.40 bits per heavy atom. The first-order valence-electron chi connectivity index (χ1n) is 4.81.